The van der Waals surface area contributed by atoms with Crippen molar-refractivity contribution in [3.8, 4) is 5.75 Å². The largest absolute Gasteiger partial charge is 0.484 e. The highest BCUT2D eigenvalue weighted by atomic mass is 19.4. The van der Waals surface area contributed by atoms with E-state index < -0.39 is 18.8 Å². The van der Waals surface area contributed by atoms with Crippen molar-refractivity contribution < 1.29 is 27.5 Å². The van der Waals surface area contributed by atoms with E-state index in [1.165, 1.54) is 12.1 Å². The van der Waals surface area contributed by atoms with Crippen molar-refractivity contribution in [1.29, 1.82) is 0 Å². The van der Waals surface area contributed by atoms with E-state index in [9.17, 15) is 22.8 Å². The third-order valence-electron chi connectivity index (χ3n) is 4.73. The van der Waals surface area contributed by atoms with Crippen molar-refractivity contribution in [2.45, 2.75) is 25.2 Å². The Labute approximate surface area is 189 Å². The first-order valence-corrected chi connectivity index (χ1v) is 10.3. The summed E-state index contributed by atoms with van der Waals surface area (Å²) in [5.74, 6) is -0.655. The maximum Gasteiger partial charge on any atom is 0.422 e. The van der Waals surface area contributed by atoms with E-state index in [0.717, 1.165) is 5.56 Å². The van der Waals surface area contributed by atoms with Crippen LogP contribution in [0.15, 0.2) is 84.9 Å². The molecule has 0 aliphatic carbocycles. The van der Waals surface area contributed by atoms with Gasteiger partial charge in [-0.15, -0.1) is 0 Å². The molecule has 3 aromatic carbocycles. The predicted molar refractivity (Wildman–Crippen MR) is 118 cm³/mol. The first-order valence-electron chi connectivity index (χ1n) is 10.3. The maximum atomic E-state index is 12.9. The Balaban J connectivity index is 1.62. The number of halogens is 3. The molecule has 1 atom stereocenters. The van der Waals surface area contributed by atoms with Crippen LogP contribution in [0.3, 0.4) is 0 Å². The second kappa shape index (κ2) is 11.2. The van der Waals surface area contributed by atoms with E-state index in [0.29, 0.717) is 17.5 Å². The molecule has 0 saturated carbocycles. The molecule has 0 aliphatic heterocycles. The minimum Gasteiger partial charge on any atom is -0.484 e. The van der Waals surface area contributed by atoms with Gasteiger partial charge in [-0.1, -0.05) is 60.7 Å². The van der Waals surface area contributed by atoms with Crippen LogP contribution in [-0.2, 0) is 17.8 Å². The molecule has 0 aliphatic rings. The van der Waals surface area contributed by atoms with Crippen molar-refractivity contribution in [1.82, 2.24) is 10.6 Å². The molecular formula is C25H23F3N2O3. The summed E-state index contributed by atoms with van der Waals surface area (Å²) < 4.78 is 41.5. The van der Waals surface area contributed by atoms with Crippen LogP contribution < -0.4 is 15.4 Å². The van der Waals surface area contributed by atoms with Crippen molar-refractivity contribution in [3.63, 3.8) is 0 Å². The first kappa shape index (κ1) is 23.8. The van der Waals surface area contributed by atoms with E-state index >= 15 is 0 Å². The van der Waals surface area contributed by atoms with Gasteiger partial charge < -0.3 is 15.4 Å². The van der Waals surface area contributed by atoms with Crippen LogP contribution in [0.5, 0.6) is 5.75 Å². The van der Waals surface area contributed by atoms with E-state index in [2.05, 4.69) is 15.4 Å². The summed E-state index contributed by atoms with van der Waals surface area (Å²) in [7, 11) is 0. The Morgan fingerprint density at radius 1 is 0.818 bits per heavy atom. The lowest BCUT2D eigenvalue weighted by Crippen LogP contribution is -2.47. The maximum absolute atomic E-state index is 12.9. The molecule has 3 aromatic rings. The van der Waals surface area contributed by atoms with Crippen molar-refractivity contribution >= 4 is 11.8 Å². The molecule has 33 heavy (non-hydrogen) atoms. The molecule has 0 spiro atoms. The molecule has 172 valence electrons. The quantitative estimate of drug-likeness (QED) is 0.505. The van der Waals surface area contributed by atoms with Crippen molar-refractivity contribution in [2.24, 2.45) is 0 Å². The molecule has 0 saturated heterocycles. The zero-order valence-electron chi connectivity index (χ0n) is 17.6. The van der Waals surface area contributed by atoms with Crippen LogP contribution in [0.1, 0.15) is 21.5 Å². The fraction of sp³-hybridized carbons (Fsp3) is 0.200. The van der Waals surface area contributed by atoms with Crippen LogP contribution in [0.25, 0.3) is 0 Å². The van der Waals surface area contributed by atoms with Gasteiger partial charge in [0.15, 0.2) is 6.61 Å². The highest BCUT2D eigenvalue weighted by molar-refractivity contribution is 5.97. The molecule has 8 heteroatoms. The number of carbonyl (C=O) groups is 2. The number of benzene rings is 3. The molecule has 2 N–H and O–H groups in total. The molecule has 0 radical (unpaired) electrons. The number of nitrogens with one attached hydrogen (secondary N) is 2. The molecule has 0 aromatic heterocycles. The summed E-state index contributed by atoms with van der Waals surface area (Å²) in [5, 5.41) is 5.56. The van der Waals surface area contributed by atoms with Crippen LogP contribution in [0, 0.1) is 0 Å². The number of rotatable bonds is 9. The minimum absolute atomic E-state index is 0.0829. The van der Waals surface area contributed by atoms with Gasteiger partial charge in [0.1, 0.15) is 11.8 Å². The van der Waals surface area contributed by atoms with Gasteiger partial charge in [-0.05, 0) is 35.4 Å². The summed E-state index contributed by atoms with van der Waals surface area (Å²) in [5.41, 5.74) is 2.01. The molecule has 0 bridgehead atoms. The van der Waals surface area contributed by atoms with E-state index in [1.54, 1.807) is 42.5 Å². The summed E-state index contributed by atoms with van der Waals surface area (Å²) in [6.45, 7) is -1.23. The molecule has 3 rings (SSSR count). The third-order valence-corrected chi connectivity index (χ3v) is 4.73. The van der Waals surface area contributed by atoms with E-state index in [1.807, 2.05) is 30.3 Å². The van der Waals surface area contributed by atoms with Gasteiger partial charge in [-0.2, -0.15) is 13.2 Å². The number of alkyl halides is 3. The Morgan fingerprint density at radius 2 is 1.42 bits per heavy atom. The lowest BCUT2D eigenvalue weighted by molar-refractivity contribution is -0.153. The van der Waals surface area contributed by atoms with Crippen LogP contribution in [-0.4, -0.2) is 30.6 Å². The topological polar surface area (TPSA) is 67.4 Å². The Bertz CT molecular complexity index is 1040. The SMILES string of the molecule is O=C(NC(Cc1ccccc1)C(=O)NCc1ccc(OCC(F)(F)F)cc1)c1ccccc1. The molecular weight excluding hydrogens is 433 g/mol. The molecule has 5 nitrogen and oxygen atoms in total. The standard InChI is InChI=1S/C25H23F3N2O3/c26-25(27,28)17-33-21-13-11-19(12-14-21)16-29-24(32)22(15-18-7-3-1-4-8-18)30-23(31)20-9-5-2-6-10-20/h1-14,22H,15-17H2,(H,29,32)(H,30,31). The number of amides is 2. The van der Waals surface area contributed by atoms with Gasteiger partial charge in [0, 0.05) is 18.5 Å². The minimum atomic E-state index is -4.41. The Morgan fingerprint density at radius 3 is 2.03 bits per heavy atom. The van der Waals surface area contributed by atoms with Gasteiger partial charge in [0.2, 0.25) is 5.91 Å². The summed E-state index contributed by atoms with van der Waals surface area (Å²) in [4.78, 5) is 25.5. The fourth-order valence-corrected chi connectivity index (χ4v) is 3.07. The van der Waals surface area contributed by atoms with Gasteiger partial charge in [-0.25, -0.2) is 0 Å². The lowest BCUT2D eigenvalue weighted by atomic mass is 10.0. The highest BCUT2D eigenvalue weighted by Gasteiger charge is 2.28. The Kier molecular flexibility index (Phi) is 8.07. The number of hydrogen-bond donors (Lipinski definition) is 2. The average Bonchev–Trinajstić information content (AvgIpc) is 2.82. The van der Waals surface area contributed by atoms with Crippen LogP contribution >= 0.6 is 0 Å². The zero-order chi connectivity index (χ0) is 23.7. The van der Waals surface area contributed by atoms with Gasteiger partial charge in [-0.3, -0.25) is 9.59 Å². The fourth-order valence-electron chi connectivity index (χ4n) is 3.07. The third kappa shape index (κ3) is 7.99. The van der Waals surface area contributed by atoms with Gasteiger partial charge in [0.05, 0.1) is 0 Å². The summed E-state index contributed by atoms with van der Waals surface area (Å²) in [6, 6.07) is 23.1. The zero-order valence-corrected chi connectivity index (χ0v) is 17.6. The summed E-state index contributed by atoms with van der Waals surface area (Å²) in [6.07, 6.45) is -4.11. The second-order valence-corrected chi connectivity index (χ2v) is 7.35. The van der Waals surface area contributed by atoms with Gasteiger partial charge in [0.25, 0.3) is 5.91 Å². The Hall–Kier alpha value is -3.81. The molecule has 0 fully saturated rings. The van der Waals surface area contributed by atoms with Crippen molar-refractivity contribution in [2.75, 3.05) is 6.61 Å². The van der Waals surface area contributed by atoms with E-state index in [-0.39, 0.29) is 24.1 Å². The van der Waals surface area contributed by atoms with Gasteiger partial charge >= 0.3 is 6.18 Å². The molecule has 0 heterocycles. The normalized spacial score (nSPS) is 12.0. The second-order valence-electron chi connectivity index (χ2n) is 7.35. The predicted octanol–water partition coefficient (Wildman–Crippen LogP) is 4.29. The van der Waals surface area contributed by atoms with Crippen molar-refractivity contribution in [3.05, 3.63) is 102 Å². The number of ether oxygens (including phenoxy) is 1. The van der Waals surface area contributed by atoms with E-state index in [4.69, 9.17) is 0 Å². The summed E-state index contributed by atoms with van der Waals surface area (Å²) >= 11 is 0. The highest BCUT2D eigenvalue weighted by Crippen LogP contribution is 2.19. The van der Waals surface area contributed by atoms with Crippen LogP contribution in [0.2, 0.25) is 0 Å². The molecule has 1 unspecified atom stereocenters. The smallest absolute Gasteiger partial charge is 0.422 e. The number of carbonyl (C=O) groups excluding carboxylic acids is 2. The number of hydrogen-bond acceptors (Lipinski definition) is 3. The average molecular weight is 456 g/mol. The molecule has 2 amide bonds. The van der Waals surface area contributed by atoms with Crippen LogP contribution in [0.4, 0.5) is 13.2 Å². The first-order chi connectivity index (χ1) is 15.8. The monoisotopic (exact) mass is 456 g/mol. The lowest BCUT2D eigenvalue weighted by Gasteiger charge is -2.19.